The van der Waals surface area contributed by atoms with Crippen LogP contribution in [0, 0.1) is 38.4 Å². The Labute approximate surface area is 186 Å². The molecule has 2 fully saturated rings. The zero-order valence-corrected chi connectivity index (χ0v) is 18.5. The normalized spacial score (nSPS) is 22.2. The number of rotatable bonds is 4. The molecule has 7 heteroatoms. The van der Waals surface area contributed by atoms with E-state index in [9.17, 15) is 9.18 Å². The number of fused-ring (bicyclic) bond motifs is 1. The highest BCUT2D eigenvalue weighted by Gasteiger charge is 2.46. The van der Waals surface area contributed by atoms with Crippen LogP contribution in [-0.2, 0) is 0 Å². The van der Waals surface area contributed by atoms with Crippen molar-refractivity contribution in [3.8, 4) is 11.3 Å². The number of nitrogens with zero attached hydrogens (tertiary/aromatic N) is 4. The molecule has 2 saturated heterocycles. The lowest BCUT2D eigenvalue weighted by Gasteiger charge is -2.22. The van der Waals surface area contributed by atoms with E-state index in [2.05, 4.69) is 25.2 Å². The van der Waals surface area contributed by atoms with Crippen LogP contribution in [0.2, 0.25) is 0 Å². The van der Waals surface area contributed by atoms with Gasteiger partial charge in [-0.2, -0.15) is 0 Å². The average Bonchev–Trinajstić information content (AvgIpc) is 3.33. The quantitative estimate of drug-likeness (QED) is 0.638. The standard InChI is InChI=1S/C25H26FN5O/c1-14-6-4-9-21(28-14)22-18(7-5-8-20(22)26)24(32)23-19-13-31(12-17(19)11-27-23)25-29-15(2)10-16(3)30-25/h4-10,17,19,23,27H,11-13H2,1-3H3. The molecule has 0 spiro atoms. The fourth-order valence-electron chi connectivity index (χ4n) is 5.06. The highest BCUT2D eigenvalue weighted by Crippen LogP contribution is 2.36. The molecular weight excluding hydrogens is 405 g/mol. The van der Waals surface area contributed by atoms with Crippen molar-refractivity contribution in [2.24, 2.45) is 11.8 Å². The summed E-state index contributed by atoms with van der Waals surface area (Å²) in [7, 11) is 0. The van der Waals surface area contributed by atoms with E-state index in [0.29, 0.717) is 23.7 Å². The van der Waals surface area contributed by atoms with Crippen molar-refractivity contribution in [1.29, 1.82) is 0 Å². The van der Waals surface area contributed by atoms with Gasteiger partial charge in [-0.25, -0.2) is 14.4 Å². The van der Waals surface area contributed by atoms with Crippen LogP contribution in [0.4, 0.5) is 10.3 Å². The maximum absolute atomic E-state index is 14.9. The molecule has 3 atom stereocenters. The molecule has 3 aromatic rings. The summed E-state index contributed by atoms with van der Waals surface area (Å²) in [5.74, 6) is 0.646. The van der Waals surface area contributed by atoms with E-state index in [0.717, 1.165) is 36.1 Å². The number of Topliss-reactive ketones (excluding diaryl/α,β-unsaturated/α-hetero) is 1. The van der Waals surface area contributed by atoms with E-state index < -0.39 is 5.82 Å². The zero-order valence-electron chi connectivity index (χ0n) is 18.5. The number of benzene rings is 1. The van der Waals surface area contributed by atoms with Crippen LogP contribution in [0.1, 0.15) is 27.4 Å². The second kappa shape index (κ2) is 8.06. The number of hydrogen-bond donors (Lipinski definition) is 1. The van der Waals surface area contributed by atoms with Crippen LogP contribution in [0.5, 0.6) is 0 Å². The molecule has 4 heterocycles. The van der Waals surface area contributed by atoms with Crippen molar-refractivity contribution in [2.45, 2.75) is 26.8 Å². The van der Waals surface area contributed by atoms with Crippen LogP contribution in [0.25, 0.3) is 11.3 Å². The van der Waals surface area contributed by atoms with Gasteiger partial charge in [-0.15, -0.1) is 0 Å². The van der Waals surface area contributed by atoms with Gasteiger partial charge < -0.3 is 10.2 Å². The minimum atomic E-state index is -0.430. The summed E-state index contributed by atoms with van der Waals surface area (Å²) in [6, 6.07) is 11.7. The molecule has 2 aliphatic heterocycles. The molecule has 1 N–H and O–H groups in total. The number of halogens is 1. The highest BCUT2D eigenvalue weighted by atomic mass is 19.1. The van der Waals surface area contributed by atoms with E-state index in [1.807, 2.05) is 39.0 Å². The van der Waals surface area contributed by atoms with Gasteiger partial charge in [0.2, 0.25) is 5.95 Å². The Morgan fingerprint density at radius 2 is 1.75 bits per heavy atom. The van der Waals surface area contributed by atoms with E-state index >= 15 is 0 Å². The molecule has 1 aromatic carbocycles. The van der Waals surface area contributed by atoms with Gasteiger partial charge in [0.25, 0.3) is 0 Å². The van der Waals surface area contributed by atoms with Gasteiger partial charge in [-0.3, -0.25) is 9.78 Å². The Morgan fingerprint density at radius 1 is 1.00 bits per heavy atom. The topological polar surface area (TPSA) is 71.0 Å². The Kier molecular flexibility index (Phi) is 5.21. The van der Waals surface area contributed by atoms with Gasteiger partial charge in [-0.05, 0) is 51.0 Å². The summed E-state index contributed by atoms with van der Waals surface area (Å²) in [5.41, 5.74) is 3.79. The number of hydrogen-bond acceptors (Lipinski definition) is 6. The Balaban J connectivity index is 1.44. The first-order valence-corrected chi connectivity index (χ1v) is 11.0. The molecule has 32 heavy (non-hydrogen) atoms. The van der Waals surface area contributed by atoms with E-state index in [4.69, 9.17) is 0 Å². The maximum atomic E-state index is 14.9. The van der Waals surface area contributed by atoms with Crippen molar-refractivity contribution < 1.29 is 9.18 Å². The van der Waals surface area contributed by atoms with Crippen LogP contribution in [-0.4, -0.2) is 46.4 Å². The minimum absolute atomic E-state index is 0.0847. The molecule has 0 amide bonds. The summed E-state index contributed by atoms with van der Waals surface area (Å²) in [6.07, 6.45) is 0. The van der Waals surface area contributed by atoms with Crippen molar-refractivity contribution in [2.75, 3.05) is 24.5 Å². The second-order valence-corrected chi connectivity index (χ2v) is 8.86. The number of ketones is 1. The number of anilines is 1. The third-order valence-corrected chi connectivity index (χ3v) is 6.48. The first-order chi connectivity index (χ1) is 15.4. The fraction of sp³-hybridized carbons (Fsp3) is 0.360. The molecule has 164 valence electrons. The largest absolute Gasteiger partial charge is 0.340 e. The third kappa shape index (κ3) is 3.66. The Hall–Kier alpha value is -3.19. The monoisotopic (exact) mass is 431 g/mol. The van der Waals surface area contributed by atoms with E-state index in [-0.39, 0.29) is 23.3 Å². The molecule has 0 radical (unpaired) electrons. The van der Waals surface area contributed by atoms with Gasteiger partial charge in [0.05, 0.1) is 11.7 Å². The molecule has 0 aliphatic carbocycles. The van der Waals surface area contributed by atoms with Crippen LogP contribution >= 0.6 is 0 Å². The number of aryl methyl sites for hydroxylation is 3. The van der Waals surface area contributed by atoms with Gasteiger partial charge in [0.15, 0.2) is 5.78 Å². The van der Waals surface area contributed by atoms with Crippen LogP contribution in [0.3, 0.4) is 0 Å². The van der Waals surface area contributed by atoms with E-state index in [1.165, 1.54) is 6.07 Å². The molecule has 6 nitrogen and oxygen atoms in total. The minimum Gasteiger partial charge on any atom is -0.340 e. The lowest BCUT2D eigenvalue weighted by Crippen LogP contribution is -2.39. The first-order valence-electron chi connectivity index (χ1n) is 11.0. The Morgan fingerprint density at radius 3 is 2.50 bits per heavy atom. The molecule has 2 aromatic heterocycles. The number of nitrogens with one attached hydrogen (secondary N) is 1. The lowest BCUT2D eigenvalue weighted by atomic mass is 9.87. The second-order valence-electron chi connectivity index (χ2n) is 8.86. The Bertz CT molecular complexity index is 1180. The highest BCUT2D eigenvalue weighted by molar-refractivity contribution is 6.05. The van der Waals surface area contributed by atoms with Gasteiger partial charge in [0, 0.05) is 53.8 Å². The number of carbonyl (C=O) groups excluding carboxylic acids is 1. The van der Waals surface area contributed by atoms with Gasteiger partial charge in [-0.1, -0.05) is 18.2 Å². The number of aromatic nitrogens is 3. The van der Waals surface area contributed by atoms with Crippen LogP contribution < -0.4 is 10.2 Å². The molecule has 5 rings (SSSR count). The molecule has 2 aliphatic rings. The SMILES string of the molecule is Cc1cccc(-c2c(F)cccc2C(=O)C2NCC3CN(c4nc(C)cc(C)n4)CC32)n1. The van der Waals surface area contributed by atoms with Gasteiger partial charge >= 0.3 is 0 Å². The third-order valence-electron chi connectivity index (χ3n) is 6.48. The van der Waals surface area contributed by atoms with Crippen molar-refractivity contribution in [3.63, 3.8) is 0 Å². The smallest absolute Gasteiger partial charge is 0.225 e. The molecule has 0 bridgehead atoms. The van der Waals surface area contributed by atoms with Crippen LogP contribution in [0.15, 0.2) is 42.5 Å². The predicted molar refractivity (Wildman–Crippen MR) is 121 cm³/mol. The van der Waals surface area contributed by atoms with Gasteiger partial charge in [0.1, 0.15) is 5.82 Å². The molecule has 3 unspecified atom stereocenters. The predicted octanol–water partition coefficient (Wildman–Crippen LogP) is 3.51. The first kappa shape index (κ1) is 20.7. The van der Waals surface area contributed by atoms with Crippen molar-refractivity contribution >= 4 is 11.7 Å². The number of carbonyl (C=O) groups is 1. The average molecular weight is 432 g/mol. The van der Waals surface area contributed by atoms with Crippen molar-refractivity contribution in [3.05, 3.63) is 70.9 Å². The molecular formula is C25H26FN5O. The number of pyridine rings is 1. The zero-order chi connectivity index (χ0) is 22.4. The maximum Gasteiger partial charge on any atom is 0.225 e. The van der Waals surface area contributed by atoms with E-state index in [1.54, 1.807) is 18.2 Å². The fourth-order valence-corrected chi connectivity index (χ4v) is 5.06. The summed E-state index contributed by atoms with van der Waals surface area (Å²) in [5, 5.41) is 3.40. The summed E-state index contributed by atoms with van der Waals surface area (Å²) in [6.45, 7) is 8.04. The van der Waals surface area contributed by atoms with Crippen molar-refractivity contribution in [1.82, 2.24) is 20.3 Å². The summed E-state index contributed by atoms with van der Waals surface area (Å²) >= 11 is 0. The molecule has 0 saturated carbocycles. The summed E-state index contributed by atoms with van der Waals surface area (Å²) < 4.78 is 14.9. The summed E-state index contributed by atoms with van der Waals surface area (Å²) in [4.78, 5) is 29.5. The lowest BCUT2D eigenvalue weighted by molar-refractivity contribution is 0.0931.